The third-order valence-corrected chi connectivity index (χ3v) is 3.48. The number of rotatable bonds is 3. The molecule has 0 aliphatic rings. The van der Waals surface area contributed by atoms with Crippen molar-refractivity contribution in [2.24, 2.45) is 0 Å². The molecular weight excluding hydrogens is 248 g/mol. The van der Waals surface area contributed by atoms with Crippen molar-refractivity contribution in [1.29, 1.82) is 0 Å². The molecule has 98 valence electrons. The standard InChI is InChI=1S/C16H14N4/c1-2-6-12-11(5-1)17-15(18-12)9-10-16-19-13-7-3-4-8-14(13)20-16/h1-8H,9-10H2,(H,17,18)(H,19,20). The van der Waals surface area contributed by atoms with Crippen LogP contribution in [0.2, 0.25) is 0 Å². The molecule has 0 aliphatic carbocycles. The number of fused-ring (bicyclic) bond motifs is 2. The summed E-state index contributed by atoms with van der Waals surface area (Å²) in [6, 6.07) is 16.2. The molecule has 4 rings (SSSR count). The first-order chi connectivity index (χ1) is 9.88. The Morgan fingerprint density at radius 3 is 1.55 bits per heavy atom. The van der Waals surface area contributed by atoms with Crippen molar-refractivity contribution in [3.05, 3.63) is 60.2 Å². The van der Waals surface area contributed by atoms with Gasteiger partial charge < -0.3 is 9.97 Å². The van der Waals surface area contributed by atoms with Gasteiger partial charge in [-0.05, 0) is 24.3 Å². The van der Waals surface area contributed by atoms with Crippen LogP contribution in [0.3, 0.4) is 0 Å². The molecule has 4 aromatic rings. The lowest BCUT2D eigenvalue weighted by molar-refractivity contribution is 0.844. The lowest BCUT2D eigenvalue weighted by Gasteiger charge is -1.93. The first-order valence-corrected chi connectivity index (χ1v) is 6.76. The maximum atomic E-state index is 4.58. The van der Waals surface area contributed by atoms with Crippen LogP contribution in [0.25, 0.3) is 22.1 Å². The zero-order valence-electron chi connectivity index (χ0n) is 10.9. The Balaban J connectivity index is 1.57. The number of hydrogen-bond acceptors (Lipinski definition) is 2. The minimum absolute atomic E-state index is 0.856. The molecule has 0 spiro atoms. The average Bonchev–Trinajstić information content (AvgIpc) is 3.07. The third kappa shape index (κ3) is 1.95. The number of aromatic amines is 2. The van der Waals surface area contributed by atoms with Crippen molar-refractivity contribution in [3.63, 3.8) is 0 Å². The van der Waals surface area contributed by atoms with Gasteiger partial charge in [-0.3, -0.25) is 0 Å². The summed E-state index contributed by atoms with van der Waals surface area (Å²) < 4.78 is 0. The SMILES string of the molecule is c1ccc2[nH]c(CCc3nc4ccccc4[nH]3)nc2c1. The van der Waals surface area contributed by atoms with Gasteiger partial charge in [0.2, 0.25) is 0 Å². The van der Waals surface area contributed by atoms with Crippen molar-refractivity contribution in [2.75, 3.05) is 0 Å². The molecule has 4 heteroatoms. The molecular formula is C16H14N4. The van der Waals surface area contributed by atoms with E-state index in [-0.39, 0.29) is 0 Å². The normalized spacial score (nSPS) is 11.4. The van der Waals surface area contributed by atoms with Crippen molar-refractivity contribution >= 4 is 22.1 Å². The van der Waals surface area contributed by atoms with Crippen LogP contribution in [0, 0.1) is 0 Å². The van der Waals surface area contributed by atoms with Crippen LogP contribution in [0.5, 0.6) is 0 Å². The maximum absolute atomic E-state index is 4.58. The Kier molecular flexibility index (Phi) is 2.52. The zero-order chi connectivity index (χ0) is 13.4. The highest BCUT2D eigenvalue weighted by Gasteiger charge is 2.05. The average molecular weight is 262 g/mol. The Morgan fingerprint density at radius 2 is 1.10 bits per heavy atom. The van der Waals surface area contributed by atoms with Crippen molar-refractivity contribution in [3.8, 4) is 0 Å². The van der Waals surface area contributed by atoms with Crippen LogP contribution in [0.1, 0.15) is 11.6 Å². The van der Waals surface area contributed by atoms with Crippen LogP contribution in [-0.2, 0) is 12.8 Å². The van der Waals surface area contributed by atoms with Crippen LogP contribution >= 0.6 is 0 Å². The Morgan fingerprint density at radius 1 is 0.650 bits per heavy atom. The summed E-state index contributed by atoms with van der Waals surface area (Å²) in [5.74, 6) is 2.01. The lowest BCUT2D eigenvalue weighted by Crippen LogP contribution is -1.95. The fourth-order valence-corrected chi connectivity index (χ4v) is 2.48. The van der Waals surface area contributed by atoms with Gasteiger partial charge in [0.25, 0.3) is 0 Å². The van der Waals surface area contributed by atoms with E-state index in [1.807, 2.05) is 48.5 Å². The molecule has 2 N–H and O–H groups in total. The number of benzene rings is 2. The molecule has 2 aromatic carbocycles. The van der Waals surface area contributed by atoms with Gasteiger partial charge >= 0.3 is 0 Å². The quantitative estimate of drug-likeness (QED) is 0.595. The van der Waals surface area contributed by atoms with Crippen molar-refractivity contribution in [1.82, 2.24) is 19.9 Å². The molecule has 0 saturated heterocycles. The number of aromatic nitrogens is 4. The first kappa shape index (κ1) is 11.2. The van der Waals surface area contributed by atoms with Crippen molar-refractivity contribution < 1.29 is 0 Å². The lowest BCUT2D eigenvalue weighted by atomic mass is 10.3. The minimum Gasteiger partial charge on any atom is -0.342 e. The Labute approximate surface area is 115 Å². The largest absolute Gasteiger partial charge is 0.342 e. The summed E-state index contributed by atoms with van der Waals surface area (Å²) in [6.07, 6.45) is 1.71. The third-order valence-electron chi connectivity index (χ3n) is 3.48. The summed E-state index contributed by atoms with van der Waals surface area (Å²) >= 11 is 0. The smallest absolute Gasteiger partial charge is 0.107 e. The predicted molar refractivity (Wildman–Crippen MR) is 79.6 cm³/mol. The van der Waals surface area contributed by atoms with E-state index in [0.29, 0.717) is 0 Å². The highest BCUT2D eigenvalue weighted by atomic mass is 14.9. The van der Waals surface area contributed by atoms with Crippen molar-refractivity contribution in [2.45, 2.75) is 12.8 Å². The molecule has 0 atom stereocenters. The second-order valence-corrected chi connectivity index (χ2v) is 4.90. The number of H-pyrrole nitrogens is 2. The summed E-state index contributed by atoms with van der Waals surface area (Å²) in [4.78, 5) is 15.9. The van der Waals surface area contributed by atoms with Gasteiger partial charge in [0.15, 0.2) is 0 Å². The number of imidazole rings is 2. The molecule has 0 radical (unpaired) electrons. The van der Waals surface area contributed by atoms with Crippen LogP contribution in [-0.4, -0.2) is 19.9 Å². The number of nitrogens with one attached hydrogen (secondary N) is 2. The van der Waals surface area contributed by atoms with E-state index >= 15 is 0 Å². The highest BCUT2D eigenvalue weighted by Crippen LogP contribution is 2.14. The molecule has 0 amide bonds. The summed E-state index contributed by atoms with van der Waals surface area (Å²) in [5.41, 5.74) is 4.22. The summed E-state index contributed by atoms with van der Waals surface area (Å²) in [5, 5.41) is 0. The molecule has 2 aromatic heterocycles. The molecule has 0 fully saturated rings. The maximum Gasteiger partial charge on any atom is 0.107 e. The summed E-state index contributed by atoms with van der Waals surface area (Å²) in [6.45, 7) is 0. The zero-order valence-corrected chi connectivity index (χ0v) is 10.9. The van der Waals surface area contributed by atoms with E-state index in [1.54, 1.807) is 0 Å². The molecule has 0 bridgehead atoms. The van der Waals surface area contributed by atoms with E-state index in [9.17, 15) is 0 Å². The van der Waals surface area contributed by atoms with Gasteiger partial charge in [0.05, 0.1) is 22.1 Å². The summed E-state index contributed by atoms with van der Waals surface area (Å²) in [7, 11) is 0. The second-order valence-electron chi connectivity index (χ2n) is 4.90. The van der Waals surface area contributed by atoms with Gasteiger partial charge in [-0.15, -0.1) is 0 Å². The second kappa shape index (κ2) is 4.49. The molecule has 0 saturated carbocycles. The topological polar surface area (TPSA) is 57.4 Å². The van der Waals surface area contributed by atoms with Crippen LogP contribution < -0.4 is 0 Å². The Hall–Kier alpha value is -2.62. The highest BCUT2D eigenvalue weighted by molar-refractivity contribution is 5.75. The monoisotopic (exact) mass is 262 g/mol. The number of para-hydroxylation sites is 4. The van der Waals surface area contributed by atoms with E-state index in [0.717, 1.165) is 46.6 Å². The number of hydrogen-bond donors (Lipinski definition) is 2. The molecule has 4 nitrogen and oxygen atoms in total. The fourth-order valence-electron chi connectivity index (χ4n) is 2.48. The first-order valence-electron chi connectivity index (χ1n) is 6.76. The van der Waals surface area contributed by atoms with E-state index in [4.69, 9.17) is 0 Å². The van der Waals surface area contributed by atoms with Gasteiger partial charge in [-0.1, -0.05) is 24.3 Å². The number of aryl methyl sites for hydroxylation is 2. The van der Waals surface area contributed by atoms with Crippen LogP contribution in [0.15, 0.2) is 48.5 Å². The van der Waals surface area contributed by atoms with E-state index in [2.05, 4.69) is 19.9 Å². The molecule has 0 unspecified atom stereocenters. The molecule has 20 heavy (non-hydrogen) atoms. The molecule has 2 heterocycles. The van der Waals surface area contributed by atoms with Gasteiger partial charge in [-0.2, -0.15) is 0 Å². The minimum atomic E-state index is 0.856. The van der Waals surface area contributed by atoms with Crippen LogP contribution in [0.4, 0.5) is 0 Å². The number of nitrogens with zero attached hydrogens (tertiary/aromatic N) is 2. The fraction of sp³-hybridized carbons (Fsp3) is 0.125. The predicted octanol–water partition coefficient (Wildman–Crippen LogP) is 3.22. The van der Waals surface area contributed by atoms with Gasteiger partial charge in [-0.25, -0.2) is 9.97 Å². The van der Waals surface area contributed by atoms with E-state index < -0.39 is 0 Å². The van der Waals surface area contributed by atoms with Gasteiger partial charge in [0.1, 0.15) is 11.6 Å². The van der Waals surface area contributed by atoms with Gasteiger partial charge in [0, 0.05) is 12.8 Å². The Bertz CT molecular complexity index is 732. The molecule has 0 aliphatic heterocycles. The van der Waals surface area contributed by atoms with E-state index in [1.165, 1.54) is 0 Å².